The number of benzene rings is 1. The topological polar surface area (TPSA) is 81.8 Å². The van der Waals surface area contributed by atoms with Crippen LogP contribution >= 0.6 is 0 Å². The molecule has 0 atom stereocenters. The van der Waals surface area contributed by atoms with Crippen molar-refractivity contribution in [3.63, 3.8) is 0 Å². The van der Waals surface area contributed by atoms with Crippen molar-refractivity contribution in [1.29, 1.82) is 0 Å². The maximum Gasteiger partial charge on any atom is 0.273 e. The van der Waals surface area contributed by atoms with E-state index in [0.29, 0.717) is 24.3 Å². The zero-order valence-electron chi connectivity index (χ0n) is 9.33. The third-order valence-corrected chi connectivity index (χ3v) is 2.72. The van der Waals surface area contributed by atoms with E-state index in [4.69, 9.17) is 14.6 Å². The lowest BCUT2D eigenvalue weighted by Crippen LogP contribution is -2.37. The first-order valence-electron chi connectivity index (χ1n) is 5.27. The minimum Gasteiger partial charge on any atom is -0.493 e. The molecular weight excluding hydrogens is 226 g/mol. The number of methoxy groups -OCH3 is 1. The Labute approximate surface area is 97.9 Å². The van der Waals surface area contributed by atoms with Crippen LogP contribution in [0.25, 0.3) is 0 Å². The lowest BCUT2D eigenvalue weighted by molar-refractivity contribution is -0.385. The molecule has 0 radical (unpaired) electrons. The summed E-state index contributed by atoms with van der Waals surface area (Å²) in [5, 5.41) is 19.7. The molecule has 0 amide bonds. The number of nitro benzene ring substituents is 1. The summed E-state index contributed by atoms with van der Waals surface area (Å²) in [6.45, 7) is 0. The number of aliphatic hydroxyl groups excluding tert-OH is 1. The van der Waals surface area contributed by atoms with Crippen LogP contribution in [-0.2, 0) is 0 Å². The third-order valence-electron chi connectivity index (χ3n) is 2.72. The average Bonchev–Trinajstić information content (AvgIpc) is 2.27. The van der Waals surface area contributed by atoms with Gasteiger partial charge in [-0.15, -0.1) is 0 Å². The minimum atomic E-state index is -0.487. The number of rotatable bonds is 4. The highest BCUT2D eigenvalue weighted by atomic mass is 16.6. The molecule has 0 heterocycles. The molecule has 0 aliphatic heterocycles. The van der Waals surface area contributed by atoms with Gasteiger partial charge in [0.2, 0.25) is 0 Å². The van der Waals surface area contributed by atoms with Crippen LogP contribution < -0.4 is 9.47 Å². The molecule has 0 unspecified atom stereocenters. The fourth-order valence-electron chi connectivity index (χ4n) is 1.68. The van der Waals surface area contributed by atoms with Crippen molar-refractivity contribution in [1.82, 2.24) is 0 Å². The van der Waals surface area contributed by atoms with Crippen molar-refractivity contribution in [2.75, 3.05) is 7.11 Å². The Hall–Kier alpha value is -1.82. The van der Waals surface area contributed by atoms with Crippen molar-refractivity contribution in [2.24, 2.45) is 0 Å². The van der Waals surface area contributed by atoms with Gasteiger partial charge in [-0.25, -0.2) is 0 Å². The molecule has 2 rings (SSSR count). The fraction of sp³-hybridized carbons (Fsp3) is 0.455. The SMILES string of the molecule is COc1cc([N+](=O)[O-])ccc1OC1CC(O)C1. The molecule has 0 saturated heterocycles. The summed E-state index contributed by atoms with van der Waals surface area (Å²) in [4.78, 5) is 10.1. The first kappa shape index (κ1) is 11.7. The van der Waals surface area contributed by atoms with Gasteiger partial charge in [-0.2, -0.15) is 0 Å². The van der Waals surface area contributed by atoms with Crippen LogP contribution in [0.1, 0.15) is 12.8 Å². The highest BCUT2D eigenvalue weighted by Crippen LogP contribution is 2.34. The molecule has 0 bridgehead atoms. The molecule has 1 aromatic rings. The summed E-state index contributed by atoms with van der Waals surface area (Å²) < 4.78 is 10.6. The summed E-state index contributed by atoms with van der Waals surface area (Å²) in [6, 6.07) is 4.21. The van der Waals surface area contributed by atoms with Crippen LogP contribution in [-0.4, -0.2) is 29.3 Å². The normalized spacial score (nSPS) is 22.7. The Balaban J connectivity index is 2.13. The van der Waals surface area contributed by atoms with E-state index >= 15 is 0 Å². The number of nitrogens with zero attached hydrogens (tertiary/aromatic N) is 1. The molecule has 1 N–H and O–H groups in total. The summed E-state index contributed by atoms with van der Waals surface area (Å²) in [6.07, 6.45) is 0.824. The Kier molecular flexibility index (Phi) is 3.14. The van der Waals surface area contributed by atoms with Gasteiger partial charge in [0.15, 0.2) is 11.5 Å². The zero-order chi connectivity index (χ0) is 12.4. The number of aliphatic hydroxyl groups is 1. The quantitative estimate of drug-likeness (QED) is 0.636. The predicted molar refractivity (Wildman–Crippen MR) is 59.3 cm³/mol. The van der Waals surface area contributed by atoms with Crippen molar-refractivity contribution in [3.05, 3.63) is 28.3 Å². The summed E-state index contributed by atoms with van der Waals surface area (Å²) >= 11 is 0. The van der Waals surface area contributed by atoms with Crippen molar-refractivity contribution < 1.29 is 19.5 Å². The lowest BCUT2D eigenvalue weighted by atomic mass is 9.92. The molecule has 17 heavy (non-hydrogen) atoms. The van der Waals surface area contributed by atoms with E-state index in [1.54, 1.807) is 0 Å². The van der Waals surface area contributed by atoms with Crippen LogP contribution in [0.15, 0.2) is 18.2 Å². The molecule has 1 aliphatic carbocycles. The molecule has 1 aromatic carbocycles. The minimum absolute atomic E-state index is 0.0390. The van der Waals surface area contributed by atoms with Gasteiger partial charge in [-0.05, 0) is 6.07 Å². The molecule has 0 spiro atoms. The first-order valence-corrected chi connectivity index (χ1v) is 5.27. The van der Waals surface area contributed by atoms with Crippen LogP contribution in [0.5, 0.6) is 11.5 Å². The maximum atomic E-state index is 10.6. The van der Waals surface area contributed by atoms with Gasteiger partial charge < -0.3 is 14.6 Å². The van der Waals surface area contributed by atoms with Gasteiger partial charge in [0.05, 0.1) is 24.2 Å². The Morgan fingerprint density at radius 1 is 1.41 bits per heavy atom. The Morgan fingerprint density at radius 3 is 2.65 bits per heavy atom. The van der Waals surface area contributed by atoms with Gasteiger partial charge in [0, 0.05) is 18.9 Å². The molecule has 6 nitrogen and oxygen atoms in total. The number of hydrogen-bond acceptors (Lipinski definition) is 5. The standard InChI is InChI=1S/C11H13NO5/c1-16-11-4-7(12(14)15)2-3-10(11)17-9-5-8(13)6-9/h2-4,8-9,13H,5-6H2,1H3. The molecule has 1 aliphatic rings. The van der Waals surface area contributed by atoms with E-state index in [1.807, 2.05) is 0 Å². The van der Waals surface area contributed by atoms with E-state index in [2.05, 4.69) is 0 Å². The van der Waals surface area contributed by atoms with Gasteiger partial charge >= 0.3 is 0 Å². The van der Waals surface area contributed by atoms with Crippen molar-refractivity contribution >= 4 is 5.69 Å². The van der Waals surface area contributed by atoms with E-state index in [-0.39, 0.29) is 17.9 Å². The molecular formula is C11H13NO5. The van der Waals surface area contributed by atoms with Crippen molar-refractivity contribution in [2.45, 2.75) is 25.0 Å². The number of nitro groups is 1. The zero-order valence-corrected chi connectivity index (χ0v) is 9.33. The van der Waals surface area contributed by atoms with Crippen LogP contribution in [0, 0.1) is 10.1 Å². The summed E-state index contributed by atoms with van der Waals surface area (Å²) in [5.41, 5.74) is -0.0390. The third kappa shape index (κ3) is 2.47. The Morgan fingerprint density at radius 2 is 2.12 bits per heavy atom. The second-order valence-corrected chi connectivity index (χ2v) is 3.96. The monoisotopic (exact) mass is 239 g/mol. The maximum absolute atomic E-state index is 10.6. The second kappa shape index (κ2) is 4.58. The number of non-ortho nitro benzene ring substituents is 1. The largest absolute Gasteiger partial charge is 0.493 e. The van der Waals surface area contributed by atoms with Crippen LogP contribution in [0.3, 0.4) is 0 Å². The smallest absolute Gasteiger partial charge is 0.273 e. The van der Waals surface area contributed by atoms with Crippen molar-refractivity contribution in [3.8, 4) is 11.5 Å². The van der Waals surface area contributed by atoms with Gasteiger partial charge in [0.1, 0.15) is 6.10 Å². The highest BCUT2D eigenvalue weighted by Gasteiger charge is 2.29. The van der Waals surface area contributed by atoms with Crippen LogP contribution in [0.2, 0.25) is 0 Å². The number of hydrogen-bond donors (Lipinski definition) is 1. The average molecular weight is 239 g/mol. The molecule has 6 heteroatoms. The molecule has 1 saturated carbocycles. The van der Waals surface area contributed by atoms with Crippen LogP contribution in [0.4, 0.5) is 5.69 Å². The first-order chi connectivity index (χ1) is 8.10. The molecule has 0 aromatic heterocycles. The van der Waals surface area contributed by atoms with E-state index in [0.717, 1.165) is 0 Å². The van der Waals surface area contributed by atoms with Gasteiger partial charge in [0.25, 0.3) is 5.69 Å². The van der Waals surface area contributed by atoms with Gasteiger partial charge in [-0.1, -0.05) is 0 Å². The van der Waals surface area contributed by atoms with E-state index < -0.39 is 4.92 Å². The second-order valence-electron chi connectivity index (χ2n) is 3.96. The van der Waals surface area contributed by atoms with Gasteiger partial charge in [-0.3, -0.25) is 10.1 Å². The fourth-order valence-corrected chi connectivity index (χ4v) is 1.68. The number of ether oxygens (including phenoxy) is 2. The Bertz CT molecular complexity index is 428. The molecule has 1 fully saturated rings. The molecule has 92 valence electrons. The van der Waals surface area contributed by atoms with E-state index in [1.165, 1.54) is 25.3 Å². The van der Waals surface area contributed by atoms with E-state index in [9.17, 15) is 10.1 Å². The summed E-state index contributed by atoms with van der Waals surface area (Å²) in [7, 11) is 1.43. The summed E-state index contributed by atoms with van der Waals surface area (Å²) in [5.74, 6) is 0.801. The highest BCUT2D eigenvalue weighted by molar-refractivity contribution is 5.48. The predicted octanol–water partition coefficient (Wildman–Crippen LogP) is 1.51. The lowest BCUT2D eigenvalue weighted by Gasteiger charge is -2.31.